The topological polar surface area (TPSA) is 94.8 Å². The van der Waals surface area contributed by atoms with Crippen LogP contribution in [0.15, 0.2) is 42.6 Å². The number of tetrazole rings is 1. The predicted molar refractivity (Wildman–Crippen MR) is 86.5 cm³/mol. The molecular weight excluding hydrogens is 308 g/mol. The van der Waals surface area contributed by atoms with Crippen molar-refractivity contribution in [3.63, 3.8) is 0 Å². The highest BCUT2D eigenvalue weighted by atomic mass is 16.5. The van der Waals surface area contributed by atoms with E-state index in [4.69, 9.17) is 4.74 Å². The first-order valence-corrected chi connectivity index (χ1v) is 7.30. The van der Waals surface area contributed by atoms with Crippen molar-refractivity contribution < 1.29 is 9.53 Å². The second kappa shape index (κ2) is 6.86. The molecule has 1 amide bonds. The van der Waals surface area contributed by atoms with E-state index in [1.165, 1.54) is 4.68 Å². The van der Waals surface area contributed by atoms with Crippen LogP contribution in [0.1, 0.15) is 21.7 Å². The number of rotatable bonds is 5. The van der Waals surface area contributed by atoms with E-state index in [2.05, 4.69) is 25.8 Å². The van der Waals surface area contributed by atoms with E-state index in [1.54, 1.807) is 43.6 Å². The first-order valence-electron chi connectivity index (χ1n) is 7.30. The molecule has 24 heavy (non-hydrogen) atoms. The maximum absolute atomic E-state index is 12.5. The Morgan fingerprint density at radius 3 is 2.88 bits per heavy atom. The summed E-state index contributed by atoms with van der Waals surface area (Å²) < 4.78 is 7.21. The average molecular weight is 324 g/mol. The number of hydrogen-bond donors (Lipinski definition) is 1. The van der Waals surface area contributed by atoms with Crippen molar-refractivity contribution in [2.75, 3.05) is 5.32 Å². The molecule has 2 heterocycles. The van der Waals surface area contributed by atoms with Crippen LogP contribution in [0.3, 0.4) is 0 Å². The van der Waals surface area contributed by atoms with Crippen LogP contribution in [0.4, 0.5) is 5.82 Å². The maximum Gasteiger partial charge on any atom is 0.260 e. The number of amides is 1. The minimum Gasteiger partial charge on any atom is -0.485 e. The van der Waals surface area contributed by atoms with Gasteiger partial charge in [-0.2, -0.15) is 0 Å². The number of carbonyl (C=O) groups is 1. The van der Waals surface area contributed by atoms with Crippen LogP contribution in [0.25, 0.3) is 0 Å². The predicted octanol–water partition coefficient (Wildman–Crippen LogP) is 1.74. The minimum absolute atomic E-state index is 0.163. The summed E-state index contributed by atoms with van der Waals surface area (Å²) in [4.78, 5) is 16.6. The van der Waals surface area contributed by atoms with Crippen molar-refractivity contribution in [3.8, 4) is 5.75 Å². The Kier molecular flexibility index (Phi) is 4.46. The Labute approximate surface area is 138 Å². The lowest BCUT2D eigenvalue weighted by atomic mass is 10.2. The van der Waals surface area contributed by atoms with Crippen LogP contribution in [0.2, 0.25) is 0 Å². The fraction of sp³-hybridized carbons (Fsp3) is 0.188. The Hall–Kier alpha value is -3.29. The van der Waals surface area contributed by atoms with Crippen molar-refractivity contribution in [1.29, 1.82) is 0 Å². The van der Waals surface area contributed by atoms with Gasteiger partial charge in [0.2, 0.25) is 0 Å². The van der Waals surface area contributed by atoms with E-state index in [0.717, 1.165) is 5.56 Å². The zero-order valence-corrected chi connectivity index (χ0v) is 13.3. The van der Waals surface area contributed by atoms with Crippen LogP contribution < -0.4 is 10.1 Å². The van der Waals surface area contributed by atoms with Crippen molar-refractivity contribution >= 4 is 11.7 Å². The standard InChI is InChI=1S/C16H16N6O2/c1-11-7-8-17-14(9-11)18-16(23)12-5-3-4-6-13(12)24-10-15-19-20-21-22(15)2/h3-9H,10H2,1-2H3,(H,17,18,23). The first kappa shape index (κ1) is 15.6. The van der Waals surface area contributed by atoms with Crippen molar-refractivity contribution in [2.45, 2.75) is 13.5 Å². The largest absolute Gasteiger partial charge is 0.485 e. The van der Waals surface area contributed by atoms with Crippen LogP contribution in [-0.2, 0) is 13.7 Å². The molecule has 0 radical (unpaired) electrons. The van der Waals surface area contributed by atoms with Gasteiger partial charge in [0.15, 0.2) is 5.82 Å². The molecule has 0 fully saturated rings. The van der Waals surface area contributed by atoms with Gasteiger partial charge in [-0.25, -0.2) is 9.67 Å². The number of aryl methyl sites for hydroxylation is 2. The average Bonchev–Trinajstić information content (AvgIpc) is 2.98. The van der Waals surface area contributed by atoms with Crippen molar-refractivity contribution in [2.24, 2.45) is 7.05 Å². The molecule has 8 nitrogen and oxygen atoms in total. The third-order valence-corrected chi connectivity index (χ3v) is 3.35. The zero-order chi connectivity index (χ0) is 16.9. The van der Waals surface area contributed by atoms with Crippen LogP contribution in [-0.4, -0.2) is 31.1 Å². The third-order valence-electron chi connectivity index (χ3n) is 3.35. The number of para-hydroxylation sites is 1. The summed E-state index contributed by atoms with van der Waals surface area (Å²) in [6, 6.07) is 10.6. The van der Waals surface area contributed by atoms with Gasteiger partial charge in [-0.1, -0.05) is 12.1 Å². The van der Waals surface area contributed by atoms with Crippen molar-refractivity contribution in [3.05, 3.63) is 59.5 Å². The number of carbonyl (C=O) groups excluding carboxylic acids is 1. The maximum atomic E-state index is 12.5. The van der Waals surface area contributed by atoms with E-state index < -0.39 is 0 Å². The molecule has 0 aliphatic carbocycles. The van der Waals surface area contributed by atoms with E-state index in [9.17, 15) is 4.79 Å². The van der Waals surface area contributed by atoms with Crippen LogP contribution >= 0.6 is 0 Å². The lowest BCUT2D eigenvalue weighted by Crippen LogP contribution is -2.15. The van der Waals surface area contributed by atoms with Gasteiger partial charge in [0, 0.05) is 13.2 Å². The second-order valence-electron chi connectivity index (χ2n) is 5.18. The summed E-state index contributed by atoms with van der Waals surface area (Å²) in [7, 11) is 1.72. The van der Waals surface area contributed by atoms with E-state index in [-0.39, 0.29) is 12.5 Å². The summed E-state index contributed by atoms with van der Waals surface area (Å²) in [5, 5.41) is 13.9. The third kappa shape index (κ3) is 3.54. The molecule has 3 aromatic rings. The van der Waals surface area contributed by atoms with Gasteiger partial charge in [0.05, 0.1) is 5.56 Å². The molecule has 0 aliphatic rings. The fourth-order valence-electron chi connectivity index (χ4n) is 2.08. The molecule has 0 unspecified atom stereocenters. The molecule has 0 spiro atoms. The summed E-state index contributed by atoms with van der Waals surface area (Å²) >= 11 is 0. The smallest absolute Gasteiger partial charge is 0.260 e. The summed E-state index contributed by atoms with van der Waals surface area (Å²) in [6.07, 6.45) is 1.65. The Morgan fingerprint density at radius 1 is 1.29 bits per heavy atom. The van der Waals surface area contributed by atoms with E-state index >= 15 is 0 Å². The normalized spacial score (nSPS) is 10.4. The molecule has 1 N–H and O–H groups in total. The Morgan fingerprint density at radius 2 is 2.12 bits per heavy atom. The van der Waals surface area contributed by atoms with E-state index in [1.807, 2.05) is 13.0 Å². The summed E-state index contributed by atoms with van der Waals surface area (Å²) in [5.74, 6) is 1.21. The molecule has 1 aromatic carbocycles. The highest BCUT2D eigenvalue weighted by Gasteiger charge is 2.14. The number of benzene rings is 1. The molecule has 0 atom stereocenters. The van der Waals surface area contributed by atoms with Gasteiger partial charge in [-0.3, -0.25) is 4.79 Å². The molecule has 0 bridgehead atoms. The van der Waals surface area contributed by atoms with Gasteiger partial charge >= 0.3 is 0 Å². The molecule has 122 valence electrons. The van der Waals surface area contributed by atoms with E-state index in [0.29, 0.717) is 23.0 Å². The van der Waals surface area contributed by atoms with Gasteiger partial charge in [-0.05, 0) is 47.2 Å². The SMILES string of the molecule is Cc1ccnc(NC(=O)c2ccccc2OCc2nnnn2C)c1. The first-order chi connectivity index (χ1) is 11.6. The number of pyridine rings is 1. The molecule has 8 heteroatoms. The lowest BCUT2D eigenvalue weighted by molar-refractivity contribution is 0.102. The highest BCUT2D eigenvalue weighted by Crippen LogP contribution is 2.20. The molecule has 2 aromatic heterocycles. The number of nitrogens with one attached hydrogen (secondary N) is 1. The van der Waals surface area contributed by atoms with Gasteiger partial charge < -0.3 is 10.1 Å². The highest BCUT2D eigenvalue weighted by molar-refractivity contribution is 6.05. The van der Waals surface area contributed by atoms with Crippen molar-refractivity contribution in [1.82, 2.24) is 25.2 Å². The second-order valence-corrected chi connectivity index (χ2v) is 5.18. The number of ether oxygens (including phenoxy) is 1. The molecule has 3 rings (SSSR count). The minimum atomic E-state index is -0.292. The molecular formula is C16H16N6O2. The van der Waals surface area contributed by atoms with Gasteiger partial charge in [-0.15, -0.1) is 5.10 Å². The van der Waals surface area contributed by atoms with Crippen LogP contribution in [0.5, 0.6) is 5.75 Å². The fourth-order valence-corrected chi connectivity index (χ4v) is 2.08. The van der Waals surface area contributed by atoms with Gasteiger partial charge in [0.1, 0.15) is 18.2 Å². The Bertz CT molecular complexity index is 861. The van der Waals surface area contributed by atoms with Gasteiger partial charge in [0.25, 0.3) is 5.91 Å². The quantitative estimate of drug-likeness (QED) is 0.768. The zero-order valence-electron chi connectivity index (χ0n) is 13.3. The number of aromatic nitrogens is 5. The molecule has 0 saturated carbocycles. The molecule has 0 saturated heterocycles. The number of hydrogen-bond acceptors (Lipinski definition) is 6. The summed E-state index contributed by atoms with van der Waals surface area (Å²) in [5.41, 5.74) is 1.43. The lowest BCUT2D eigenvalue weighted by Gasteiger charge is -2.11. The summed E-state index contributed by atoms with van der Waals surface area (Å²) in [6.45, 7) is 2.10. The van der Waals surface area contributed by atoms with Crippen LogP contribution in [0, 0.1) is 6.92 Å². The monoisotopic (exact) mass is 324 g/mol. The molecule has 0 aliphatic heterocycles. The number of anilines is 1. The number of nitrogens with zero attached hydrogens (tertiary/aromatic N) is 5. The Balaban J connectivity index is 1.75.